The maximum absolute atomic E-state index is 13.8. The number of hydrogen-bond donors (Lipinski definition) is 1. The number of benzene rings is 2. The lowest BCUT2D eigenvalue weighted by molar-refractivity contribution is 0.486. The fraction of sp³-hybridized carbons (Fsp3) is 0.125. The summed E-state index contributed by atoms with van der Waals surface area (Å²) in [6.07, 6.45) is 0.378. The van der Waals surface area contributed by atoms with E-state index in [1.807, 2.05) is 24.3 Å². The van der Waals surface area contributed by atoms with Crippen LogP contribution in [0.5, 0.6) is 0 Å². The molecular formula is C16H12Br2FNO. The van der Waals surface area contributed by atoms with Crippen LogP contribution in [0.1, 0.15) is 17.4 Å². The molecule has 0 fully saturated rings. The lowest BCUT2D eigenvalue weighted by atomic mass is 10.0. The maximum atomic E-state index is 13.8. The van der Waals surface area contributed by atoms with E-state index in [0.29, 0.717) is 17.7 Å². The second-order valence-electron chi connectivity index (χ2n) is 4.85. The van der Waals surface area contributed by atoms with Crippen LogP contribution in [0.15, 0.2) is 55.8 Å². The first-order valence-corrected chi connectivity index (χ1v) is 8.00. The van der Waals surface area contributed by atoms with Crippen LogP contribution >= 0.6 is 31.9 Å². The molecule has 3 aromatic rings. The second-order valence-corrected chi connectivity index (χ2v) is 6.62. The molecule has 0 amide bonds. The monoisotopic (exact) mass is 411 g/mol. The van der Waals surface area contributed by atoms with E-state index in [4.69, 9.17) is 10.2 Å². The molecule has 0 aliphatic rings. The average Bonchev–Trinajstić information content (AvgIpc) is 2.88. The van der Waals surface area contributed by atoms with Gasteiger partial charge in [0.05, 0.1) is 10.5 Å². The Morgan fingerprint density at radius 3 is 2.71 bits per heavy atom. The van der Waals surface area contributed by atoms with Gasteiger partial charge in [-0.2, -0.15) is 0 Å². The third-order valence-corrected chi connectivity index (χ3v) is 4.45. The van der Waals surface area contributed by atoms with Crippen LogP contribution in [0.25, 0.3) is 11.0 Å². The molecule has 0 spiro atoms. The molecule has 0 saturated heterocycles. The van der Waals surface area contributed by atoms with E-state index in [1.54, 1.807) is 12.1 Å². The molecule has 1 atom stereocenters. The lowest BCUT2D eigenvalue weighted by Gasteiger charge is -2.10. The van der Waals surface area contributed by atoms with Crippen LogP contribution in [0.3, 0.4) is 0 Å². The van der Waals surface area contributed by atoms with E-state index in [2.05, 4.69) is 31.9 Å². The quantitative estimate of drug-likeness (QED) is 0.630. The molecule has 2 N–H and O–H groups in total. The summed E-state index contributed by atoms with van der Waals surface area (Å²) in [7, 11) is 0. The summed E-state index contributed by atoms with van der Waals surface area (Å²) in [6.45, 7) is 0. The highest BCUT2D eigenvalue weighted by molar-refractivity contribution is 9.11. The number of nitrogens with two attached hydrogens (primary N) is 1. The summed E-state index contributed by atoms with van der Waals surface area (Å²) < 4.78 is 21.3. The van der Waals surface area contributed by atoms with Crippen LogP contribution in [0.2, 0.25) is 0 Å². The fourth-order valence-electron chi connectivity index (χ4n) is 2.27. The Morgan fingerprint density at radius 1 is 1.14 bits per heavy atom. The van der Waals surface area contributed by atoms with Crippen LogP contribution in [-0.4, -0.2) is 0 Å². The Balaban J connectivity index is 1.91. The molecular weight excluding hydrogens is 401 g/mol. The Bertz CT molecular complexity index is 800. The van der Waals surface area contributed by atoms with Gasteiger partial charge in [0, 0.05) is 9.86 Å². The number of halogens is 3. The van der Waals surface area contributed by atoms with Gasteiger partial charge in [-0.3, -0.25) is 0 Å². The molecule has 0 aliphatic heterocycles. The zero-order valence-electron chi connectivity index (χ0n) is 10.9. The highest BCUT2D eigenvalue weighted by Gasteiger charge is 2.16. The Labute approximate surface area is 138 Å². The van der Waals surface area contributed by atoms with Crippen molar-refractivity contribution in [3.63, 3.8) is 0 Å². The number of furan rings is 1. The summed E-state index contributed by atoms with van der Waals surface area (Å²) in [6, 6.07) is 12.2. The minimum absolute atomic E-state index is 0.258. The summed E-state index contributed by atoms with van der Waals surface area (Å²) >= 11 is 6.79. The second kappa shape index (κ2) is 5.91. The van der Waals surface area contributed by atoms with Crippen LogP contribution in [-0.2, 0) is 6.42 Å². The SMILES string of the molecule is NC(Cc1cc(Br)ccc1F)c1cc2cccc(Br)c2o1. The molecule has 1 heterocycles. The molecule has 0 aliphatic carbocycles. The number of para-hydroxylation sites is 1. The molecule has 3 rings (SSSR count). The predicted octanol–water partition coefficient (Wildman–Crippen LogP) is 5.34. The van der Waals surface area contributed by atoms with Crippen LogP contribution in [0, 0.1) is 5.82 Å². The average molecular weight is 413 g/mol. The van der Waals surface area contributed by atoms with Gasteiger partial charge in [-0.25, -0.2) is 4.39 Å². The van der Waals surface area contributed by atoms with Gasteiger partial charge in [-0.1, -0.05) is 28.1 Å². The summed E-state index contributed by atoms with van der Waals surface area (Å²) in [5.74, 6) is 0.391. The lowest BCUT2D eigenvalue weighted by Crippen LogP contribution is -2.13. The van der Waals surface area contributed by atoms with E-state index >= 15 is 0 Å². The van der Waals surface area contributed by atoms with Crippen molar-refractivity contribution in [2.24, 2.45) is 5.73 Å². The van der Waals surface area contributed by atoms with Gasteiger partial charge in [0.2, 0.25) is 0 Å². The van der Waals surface area contributed by atoms with Gasteiger partial charge in [-0.05, 0) is 58.2 Å². The van der Waals surface area contributed by atoms with Crippen molar-refractivity contribution in [2.45, 2.75) is 12.5 Å². The first kappa shape index (κ1) is 14.8. The zero-order chi connectivity index (χ0) is 15.0. The van der Waals surface area contributed by atoms with E-state index < -0.39 is 6.04 Å². The van der Waals surface area contributed by atoms with Crippen molar-refractivity contribution in [1.82, 2.24) is 0 Å². The molecule has 1 unspecified atom stereocenters. The smallest absolute Gasteiger partial charge is 0.148 e. The number of fused-ring (bicyclic) bond motifs is 1. The van der Waals surface area contributed by atoms with Crippen molar-refractivity contribution >= 4 is 42.8 Å². The Morgan fingerprint density at radius 2 is 1.95 bits per heavy atom. The summed E-state index contributed by atoms with van der Waals surface area (Å²) in [5, 5.41) is 0.976. The molecule has 0 saturated carbocycles. The van der Waals surface area contributed by atoms with Gasteiger partial charge >= 0.3 is 0 Å². The summed E-state index contributed by atoms with van der Waals surface area (Å²) in [5.41, 5.74) is 7.50. The third-order valence-electron chi connectivity index (χ3n) is 3.33. The Kier molecular flexibility index (Phi) is 4.15. The largest absolute Gasteiger partial charge is 0.458 e. The normalized spacial score (nSPS) is 12.8. The van der Waals surface area contributed by atoms with E-state index in [1.165, 1.54) is 6.07 Å². The number of hydrogen-bond acceptors (Lipinski definition) is 2. The summed E-state index contributed by atoms with van der Waals surface area (Å²) in [4.78, 5) is 0. The zero-order valence-corrected chi connectivity index (χ0v) is 14.1. The van der Waals surface area contributed by atoms with Gasteiger partial charge in [-0.15, -0.1) is 0 Å². The van der Waals surface area contributed by atoms with Gasteiger partial charge < -0.3 is 10.2 Å². The minimum Gasteiger partial charge on any atom is -0.458 e. The molecule has 1 aromatic heterocycles. The van der Waals surface area contributed by atoms with E-state index in [-0.39, 0.29) is 5.82 Å². The van der Waals surface area contributed by atoms with E-state index in [0.717, 1.165) is 19.9 Å². The number of rotatable bonds is 3. The maximum Gasteiger partial charge on any atom is 0.148 e. The van der Waals surface area contributed by atoms with Gasteiger partial charge in [0.25, 0.3) is 0 Å². The first-order chi connectivity index (χ1) is 10.0. The van der Waals surface area contributed by atoms with Crippen molar-refractivity contribution in [1.29, 1.82) is 0 Å². The molecule has 2 nitrogen and oxygen atoms in total. The molecule has 5 heteroatoms. The molecule has 0 bridgehead atoms. The molecule has 2 aromatic carbocycles. The third kappa shape index (κ3) is 3.05. The molecule has 108 valence electrons. The highest BCUT2D eigenvalue weighted by Crippen LogP contribution is 2.30. The molecule has 21 heavy (non-hydrogen) atoms. The highest BCUT2D eigenvalue weighted by atomic mass is 79.9. The first-order valence-electron chi connectivity index (χ1n) is 6.42. The molecule has 0 radical (unpaired) electrons. The topological polar surface area (TPSA) is 39.2 Å². The van der Waals surface area contributed by atoms with Crippen molar-refractivity contribution < 1.29 is 8.81 Å². The van der Waals surface area contributed by atoms with Crippen molar-refractivity contribution in [3.05, 3.63) is 68.6 Å². The fourth-order valence-corrected chi connectivity index (χ4v) is 3.14. The standard InChI is InChI=1S/C16H12Br2FNO/c17-11-4-5-13(19)10(6-11)7-14(20)15-8-9-2-1-3-12(18)16(9)21-15/h1-6,8,14H,7,20H2. The van der Waals surface area contributed by atoms with Gasteiger partial charge in [0.1, 0.15) is 17.2 Å². The van der Waals surface area contributed by atoms with Crippen LogP contribution in [0.4, 0.5) is 4.39 Å². The van der Waals surface area contributed by atoms with Crippen molar-refractivity contribution in [2.75, 3.05) is 0 Å². The van der Waals surface area contributed by atoms with Gasteiger partial charge in [0.15, 0.2) is 0 Å². The Hall–Kier alpha value is -1.17. The van der Waals surface area contributed by atoms with E-state index in [9.17, 15) is 4.39 Å². The minimum atomic E-state index is -0.395. The predicted molar refractivity (Wildman–Crippen MR) is 88.6 cm³/mol. The van der Waals surface area contributed by atoms with Crippen LogP contribution < -0.4 is 5.73 Å². The van der Waals surface area contributed by atoms with Crippen molar-refractivity contribution in [3.8, 4) is 0 Å².